The molecule has 2 aromatic heterocycles. The first-order chi connectivity index (χ1) is 9.88. The average Bonchev–Trinajstić information content (AvgIpc) is 2.83. The van der Waals surface area contributed by atoms with Crippen LogP contribution < -0.4 is 5.56 Å². The molecular formula is C12H6F4N4O. The van der Waals surface area contributed by atoms with Crippen molar-refractivity contribution in [3.05, 3.63) is 58.7 Å². The number of halogens is 4. The van der Waals surface area contributed by atoms with Crippen LogP contribution in [0.15, 0.2) is 41.5 Å². The first-order valence-corrected chi connectivity index (χ1v) is 5.67. The fourth-order valence-corrected chi connectivity index (χ4v) is 1.91. The smallest absolute Gasteiger partial charge is 0.279 e. The summed E-state index contributed by atoms with van der Waals surface area (Å²) in [4.78, 5) is 12.1. The molecule has 21 heavy (non-hydrogen) atoms. The van der Waals surface area contributed by atoms with E-state index in [0.717, 1.165) is 23.0 Å². The molecule has 108 valence electrons. The van der Waals surface area contributed by atoms with E-state index < -0.39 is 29.0 Å². The van der Waals surface area contributed by atoms with E-state index >= 15 is 0 Å². The van der Waals surface area contributed by atoms with Crippen LogP contribution in [0.3, 0.4) is 0 Å². The van der Waals surface area contributed by atoms with Crippen molar-refractivity contribution in [3.63, 3.8) is 0 Å². The van der Waals surface area contributed by atoms with E-state index in [-0.39, 0.29) is 5.69 Å². The van der Waals surface area contributed by atoms with Crippen LogP contribution in [0.4, 0.5) is 17.6 Å². The van der Waals surface area contributed by atoms with Gasteiger partial charge in [-0.1, -0.05) is 6.07 Å². The summed E-state index contributed by atoms with van der Waals surface area (Å²) in [5, 5.41) is 6.24. The first kappa shape index (κ1) is 13.3. The molecule has 2 heterocycles. The Morgan fingerprint density at radius 2 is 1.86 bits per heavy atom. The Labute approximate surface area is 114 Å². The van der Waals surface area contributed by atoms with Crippen LogP contribution >= 0.6 is 0 Å². The molecule has 0 aliphatic rings. The largest absolute Gasteiger partial charge is 0.452 e. The molecule has 0 spiro atoms. The molecule has 0 fully saturated rings. The summed E-state index contributed by atoms with van der Waals surface area (Å²) in [7, 11) is 0. The van der Waals surface area contributed by atoms with Crippen molar-refractivity contribution in [1.29, 1.82) is 0 Å². The zero-order chi connectivity index (χ0) is 15.2. The number of aromatic nitrogens is 4. The topological polar surface area (TPSA) is 52.2 Å². The quantitative estimate of drug-likeness (QED) is 0.646. The van der Waals surface area contributed by atoms with Gasteiger partial charge < -0.3 is 0 Å². The normalized spacial score (nSPS) is 12.0. The van der Waals surface area contributed by atoms with Gasteiger partial charge in [-0.05, 0) is 18.2 Å². The number of hydrogen-bond donors (Lipinski definition) is 0. The summed E-state index contributed by atoms with van der Waals surface area (Å²) in [6.45, 7) is 0. The number of benzene rings is 1. The minimum Gasteiger partial charge on any atom is -0.279 e. The summed E-state index contributed by atoms with van der Waals surface area (Å²) in [6, 6.07) is 5.10. The molecule has 3 rings (SSSR count). The van der Waals surface area contributed by atoms with Gasteiger partial charge in [0, 0.05) is 12.4 Å². The van der Waals surface area contributed by atoms with Gasteiger partial charge in [0.25, 0.3) is 0 Å². The molecule has 0 saturated heterocycles. The second kappa shape index (κ2) is 4.40. The first-order valence-electron chi connectivity index (χ1n) is 5.67. The van der Waals surface area contributed by atoms with Crippen molar-refractivity contribution in [1.82, 2.24) is 19.2 Å². The molecule has 5 nitrogen and oxygen atoms in total. The minimum atomic E-state index is -4.73. The average molecular weight is 298 g/mol. The highest BCUT2D eigenvalue weighted by molar-refractivity contribution is 5.41. The summed E-state index contributed by atoms with van der Waals surface area (Å²) in [5.41, 5.74) is -1.14. The Kier molecular flexibility index (Phi) is 2.78. The molecule has 0 aliphatic heterocycles. The highest BCUT2D eigenvalue weighted by atomic mass is 19.4. The van der Waals surface area contributed by atoms with Gasteiger partial charge in [0.05, 0.1) is 5.69 Å². The number of nitrogens with zero attached hydrogens (tertiary/aromatic N) is 4. The Morgan fingerprint density at radius 3 is 2.52 bits per heavy atom. The maximum atomic E-state index is 13.2. The second-order valence-electron chi connectivity index (χ2n) is 4.17. The van der Waals surface area contributed by atoms with E-state index in [0.29, 0.717) is 4.40 Å². The van der Waals surface area contributed by atoms with Crippen LogP contribution in [0.5, 0.6) is 0 Å². The van der Waals surface area contributed by atoms with Gasteiger partial charge in [0.2, 0.25) is 11.5 Å². The van der Waals surface area contributed by atoms with Gasteiger partial charge >= 0.3 is 11.7 Å². The second-order valence-corrected chi connectivity index (χ2v) is 4.17. The minimum absolute atomic E-state index is 0.180. The maximum Gasteiger partial charge on any atom is 0.452 e. The molecule has 9 heteroatoms. The molecule has 0 bridgehead atoms. The molecule has 0 unspecified atom stereocenters. The lowest BCUT2D eigenvalue weighted by atomic mass is 10.3. The molecule has 0 saturated carbocycles. The van der Waals surface area contributed by atoms with Crippen LogP contribution in [0, 0.1) is 5.82 Å². The highest BCUT2D eigenvalue weighted by Crippen LogP contribution is 2.27. The molecular weight excluding hydrogens is 292 g/mol. The fourth-order valence-electron chi connectivity index (χ4n) is 1.91. The molecule has 0 radical (unpaired) electrons. The SMILES string of the molecule is O=c1c2nnc(C(F)(F)F)n2ccn1-c1cccc(F)c1. The molecule has 1 aromatic carbocycles. The van der Waals surface area contributed by atoms with E-state index in [4.69, 9.17) is 0 Å². The Bertz CT molecular complexity index is 881. The lowest BCUT2D eigenvalue weighted by molar-refractivity contribution is -0.145. The van der Waals surface area contributed by atoms with Gasteiger partial charge in [0.1, 0.15) is 5.82 Å². The monoisotopic (exact) mass is 298 g/mol. The van der Waals surface area contributed by atoms with Crippen molar-refractivity contribution >= 4 is 5.65 Å². The van der Waals surface area contributed by atoms with Crippen molar-refractivity contribution in [2.24, 2.45) is 0 Å². The van der Waals surface area contributed by atoms with Crippen molar-refractivity contribution in [2.75, 3.05) is 0 Å². The maximum absolute atomic E-state index is 13.2. The van der Waals surface area contributed by atoms with Crippen LogP contribution in [-0.2, 0) is 6.18 Å². The molecule has 3 aromatic rings. The summed E-state index contributed by atoms with van der Waals surface area (Å²) in [5.74, 6) is -1.86. The van der Waals surface area contributed by atoms with Crippen molar-refractivity contribution < 1.29 is 17.6 Å². The van der Waals surface area contributed by atoms with E-state index in [1.54, 1.807) is 0 Å². The van der Waals surface area contributed by atoms with Crippen molar-refractivity contribution in [2.45, 2.75) is 6.18 Å². The number of hydrogen-bond acceptors (Lipinski definition) is 3. The lowest BCUT2D eigenvalue weighted by Crippen LogP contribution is -2.21. The van der Waals surface area contributed by atoms with Gasteiger partial charge in [-0.3, -0.25) is 13.8 Å². The predicted molar refractivity (Wildman–Crippen MR) is 63.5 cm³/mol. The Morgan fingerprint density at radius 1 is 1.10 bits per heavy atom. The van der Waals surface area contributed by atoms with E-state index in [9.17, 15) is 22.4 Å². The summed E-state index contributed by atoms with van der Waals surface area (Å²) in [6.07, 6.45) is -2.62. The third-order valence-electron chi connectivity index (χ3n) is 2.81. The standard InChI is InChI=1S/C12H6F4N4O/c13-7-2-1-3-8(6-7)19-4-5-20-9(10(19)21)17-18-11(20)12(14,15)16/h1-6H. The molecule has 0 aliphatic carbocycles. The summed E-state index contributed by atoms with van der Waals surface area (Å²) < 4.78 is 52.7. The van der Waals surface area contributed by atoms with E-state index in [1.807, 2.05) is 0 Å². The third kappa shape index (κ3) is 2.16. The number of fused-ring (bicyclic) bond motifs is 1. The third-order valence-corrected chi connectivity index (χ3v) is 2.81. The van der Waals surface area contributed by atoms with Gasteiger partial charge in [-0.25, -0.2) is 4.39 Å². The van der Waals surface area contributed by atoms with Crippen LogP contribution in [0.2, 0.25) is 0 Å². The van der Waals surface area contributed by atoms with Gasteiger partial charge in [-0.15, -0.1) is 10.2 Å². The lowest BCUT2D eigenvalue weighted by Gasteiger charge is -2.07. The fraction of sp³-hybridized carbons (Fsp3) is 0.0833. The van der Waals surface area contributed by atoms with Gasteiger partial charge in [0.15, 0.2) is 0 Å². The summed E-state index contributed by atoms with van der Waals surface area (Å²) >= 11 is 0. The number of rotatable bonds is 1. The van der Waals surface area contributed by atoms with E-state index in [1.165, 1.54) is 18.2 Å². The van der Waals surface area contributed by atoms with Crippen LogP contribution in [0.1, 0.15) is 5.82 Å². The van der Waals surface area contributed by atoms with E-state index in [2.05, 4.69) is 10.2 Å². The molecule has 0 atom stereocenters. The van der Waals surface area contributed by atoms with Crippen molar-refractivity contribution in [3.8, 4) is 5.69 Å². The Balaban J connectivity index is 2.25. The molecule has 0 amide bonds. The van der Waals surface area contributed by atoms with Crippen LogP contribution in [-0.4, -0.2) is 19.2 Å². The molecule has 0 N–H and O–H groups in total. The van der Waals surface area contributed by atoms with Crippen LogP contribution in [0.25, 0.3) is 11.3 Å². The zero-order valence-corrected chi connectivity index (χ0v) is 10.2. The predicted octanol–water partition coefficient (Wildman–Crippen LogP) is 2.04. The van der Waals surface area contributed by atoms with Gasteiger partial charge in [-0.2, -0.15) is 13.2 Å². The number of alkyl halides is 3. The highest BCUT2D eigenvalue weighted by Gasteiger charge is 2.37. The Hall–Kier alpha value is -2.71. The zero-order valence-electron chi connectivity index (χ0n) is 10.2.